The predicted molar refractivity (Wildman–Crippen MR) is 136 cm³/mol. The number of aromatic hydroxyl groups is 1. The van der Waals surface area contributed by atoms with Crippen LogP contribution in [0.25, 0.3) is 22.3 Å². The highest BCUT2D eigenvalue weighted by atomic mass is 16.5. The van der Waals surface area contributed by atoms with E-state index in [4.69, 9.17) is 9.15 Å². The summed E-state index contributed by atoms with van der Waals surface area (Å²) in [4.78, 5) is 24.1. The molecule has 2 unspecified atom stereocenters. The number of aliphatic hydroxyl groups is 1. The number of hydrogen-bond donors (Lipinski definition) is 2. The van der Waals surface area contributed by atoms with Crippen LogP contribution >= 0.6 is 0 Å². The van der Waals surface area contributed by atoms with E-state index in [9.17, 15) is 19.8 Å². The maximum Gasteiger partial charge on any atom is 0.235 e. The van der Waals surface area contributed by atoms with Crippen molar-refractivity contribution in [1.29, 1.82) is 0 Å². The van der Waals surface area contributed by atoms with Crippen molar-refractivity contribution in [3.8, 4) is 22.8 Å². The van der Waals surface area contributed by atoms with Gasteiger partial charge >= 0.3 is 0 Å². The Balaban J connectivity index is 0.000000148. The Hall–Kier alpha value is -4.68. The van der Waals surface area contributed by atoms with Crippen LogP contribution in [0.4, 0.5) is 0 Å². The molecule has 1 aliphatic rings. The van der Waals surface area contributed by atoms with Gasteiger partial charge in [0.1, 0.15) is 11.3 Å². The summed E-state index contributed by atoms with van der Waals surface area (Å²) in [5.74, 6) is 0.103. The Morgan fingerprint density at radius 2 is 1.31 bits per heavy atom. The average molecular weight is 479 g/mol. The average Bonchev–Trinajstić information content (AvgIpc) is 2.94. The largest absolute Gasteiger partial charge is 0.502 e. The summed E-state index contributed by atoms with van der Waals surface area (Å²) in [6.07, 6.45) is -1.78. The zero-order chi connectivity index (χ0) is 25.1. The molecule has 6 rings (SSSR count). The number of para-hydroxylation sites is 2. The van der Waals surface area contributed by atoms with Crippen molar-refractivity contribution >= 4 is 16.8 Å². The Kier molecular flexibility index (Phi) is 6.34. The summed E-state index contributed by atoms with van der Waals surface area (Å²) < 4.78 is 11.3. The van der Waals surface area contributed by atoms with Crippen LogP contribution in [-0.4, -0.2) is 22.1 Å². The molecule has 0 saturated heterocycles. The van der Waals surface area contributed by atoms with E-state index in [2.05, 4.69) is 0 Å². The first-order chi connectivity index (χ1) is 17.5. The van der Waals surface area contributed by atoms with Crippen molar-refractivity contribution in [1.82, 2.24) is 0 Å². The highest BCUT2D eigenvalue weighted by Gasteiger charge is 2.36. The lowest BCUT2D eigenvalue weighted by atomic mass is 9.94. The van der Waals surface area contributed by atoms with Gasteiger partial charge in [0, 0.05) is 5.56 Å². The maximum absolute atomic E-state index is 12.1. The summed E-state index contributed by atoms with van der Waals surface area (Å²) in [5.41, 5.74) is 1.98. The van der Waals surface area contributed by atoms with Gasteiger partial charge in [-0.3, -0.25) is 9.59 Å². The van der Waals surface area contributed by atoms with Crippen LogP contribution < -0.4 is 10.2 Å². The standard InChI is InChI=1S/C15H12O3.C15H10O3/c2*16-13-11-8-4-5-9-12(11)18-15(14(13)17)10-6-2-1-3-7-10/h1-9,14-15,17H;1-9,17H. The number of carbonyl (C=O) groups excluding carboxylic acids is 1. The van der Waals surface area contributed by atoms with E-state index in [0.717, 1.165) is 5.56 Å². The normalized spacial score (nSPS) is 16.4. The van der Waals surface area contributed by atoms with Crippen molar-refractivity contribution in [3.63, 3.8) is 0 Å². The molecule has 1 aromatic heterocycles. The topological polar surface area (TPSA) is 97.0 Å². The minimum Gasteiger partial charge on any atom is -0.502 e. The predicted octanol–water partition coefficient (Wildman–Crippen LogP) is 5.53. The van der Waals surface area contributed by atoms with Gasteiger partial charge in [0.05, 0.1) is 10.9 Å². The van der Waals surface area contributed by atoms with Crippen LogP contribution in [0.15, 0.2) is 118 Å². The molecule has 0 bridgehead atoms. The number of benzene rings is 4. The van der Waals surface area contributed by atoms with Gasteiger partial charge < -0.3 is 19.4 Å². The molecule has 0 saturated carbocycles. The van der Waals surface area contributed by atoms with E-state index in [0.29, 0.717) is 27.8 Å². The number of hydrogen-bond acceptors (Lipinski definition) is 6. The van der Waals surface area contributed by atoms with Crippen LogP contribution in [0.1, 0.15) is 22.0 Å². The summed E-state index contributed by atoms with van der Waals surface area (Å²) >= 11 is 0. The van der Waals surface area contributed by atoms with E-state index >= 15 is 0 Å². The molecule has 36 heavy (non-hydrogen) atoms. The SMILES string of the molecule is O=C1c2ccccc2OC(c2ccccc2)C1O.O=c1c(O)c(-c2ccccc2)oc2ccccc12. The van der Waals surface area contributed by atoms with E-state index in [-0.39, 0.29) is 17.3 Å². The highest BCUT2D eigenvalue weighted by molar-refractivity contribution is 6.03. The molecule has 0 amide bonds. The van der Waals surface area contributed by atoms with Crippen LogP contribution in [0.2, 0.25) is 0 Å². The van der Waals surface area contributed by atoms with E-state index in [1.807, 2.05) is 54.6 Å². The fourth-order valence-corrected chi connectivity index (χ4v) is 4.08. The van der Waals surface area contributed by atoms with Gasteiger partial charge in [0.15, 0.2) is 23.8 Å². The van der Waals surface area contributed by atoms with Crippen molar-refractivity contribution in [2.75, 3.05) is 0 Å². The van der Waals surface area contributed by atoms with E-state index < -0.39 is 17.6 Å². The number of ether oxygens (including phenoxy) is 1. The zero-order valence-electron chi connectivity index (χ0n) is 19.1. The number of rotatable bonds is 2. The summed E-state index contributed by atoms with van der Waals surface area (Å²) in [7, 11) is 0. The van der Waals surface area contributed by atoms with Crippen molar-refractivity contribution in [3.05, 3.63) is 131 Å². The molecule has 0 fully saturated rings. The first kappa shape index (κ1) is 23.1. The fraction of sp³-hybridized carbons (Fsp3) is 0.0667. The van der Waals surface area contributed by atoms with E-state index in [1.165, 1.54) is 0 Å². The zero-order valence-corrected chi connectivity index (χ0v) is 19.1. The number of aliphatic hydroxyl groups excluding tert-OH is 1. The van der Waals surface area contributed by atoms with Crippen LogP contribution in [0.3, 0.4) is 0 Å². The Morgan fingerprint density at radius 1 is 0.694 bits per heavy atom. The minimum atomic E-state index is -1.15. The van der Waals surface area contributed by atoms with Gasteiger partial charge in [0.2, 0.25) is 11.2 Å². The number of carbonyl (C=O) groups is 1. The third-order valence-corrected chi connectivity index (χ3v) is 5.90. The molecular formula is C30H22O6. The lowest BCUT2D eigenvalue weighted by Gasteiger charge is -2.29. The maximum atomic E-state index is 12.1. The molecule has 2 heterocycles. The van der Waals surface area contributed by atoms with Gasteiger partial charge in [-0.15, -0.1) is 0 Å². The molecule has 2 atom stereocenters. The van der Waals surface area contributed by atoms with Crippen molar-refractivity contribution in [2.45, 2.75) is 12.2 Å². The molecule has 0 radical (unpaired) electrons. The second-order valence-electron chi connectivity index (χ2n) is 8.23. The van der Waals surface area contributed by atoms with Crippen molar-refractivity contribution in [2.24, 2.45) is 0 Å². The second-order valence-corrected chi connectivity index (χ2v) is 8.23. The van der Waals surface area contributed by atoms with Crippen LogP contribution in [0.5, 0.6) is 11.5 Å². The second kappa shape index (κ2) is 9.90. The molecule has 2 N–H and O–H groups in total. The van der Waals surface area contributed by atoms with Gasteiger partial charge in [-0.25, -0.2) is 0 Å². The lowest BCUT2D eigenvalue weighted by molar-refractivity contribution is 0.0216. The van der Waals surface area contributed by atoms with Gasteiger partial charge in [0.25, 0.3) is 0 Å². The lowest BCUT2D eigenvalue weighted by Crippen LogP contribution is -2.36. The monoisotopic (exact) mass is 478 g/mol. The summed E-state index contributed by atoms with van der Waals surface area (Å²) in [6.45, 7) is 0. The third kappa shape index (κ3) is 4.37. The van der Waals surface area contributed by atoms with Crippen LogP contribution in [-0.2, 0) is 0 Å². The minimum absolute atomic E-state index is 0.208. The molecule has 6 nitrogen and oxygen atoms in total. The smallest absolute Gasteiger partial charge is 0.235 e. The van der Waals surface area contributed by atoms with Gasteiger partial charge in [-0.2, -0.15) is 0 Å². The Labute approximate surface area is 206 Å². The third-order valence-electron chi connectivity index (χ3n) is 5.90. The Morgan fingerprint density at radius 3 is 2.06 bits per heavy atom. The molecule has 5 aromatic rings. The number of ketones is 1. The van der Waals surface area contributed by atoms with Gasteiger partial charge in [-0.1, -0.05) is 84.9 Å². The fourth-order valence-electron chi connectivity index (χ4n) is 4.08. The Bertz CT molecular complexity index is 1570. The summed E-state index contributed by atoms with van der Waals surface area (Å²) in [5, 5.41) is 20.4. The molecule has 0 aliphatic carbocycles. The number of fused-ring (bicyclic) bond motifs is 2. The highest BCUT2D eigenvalue weighted by Crippen LogP contribution is 2.34. The molecule has 1 aliphatic heterocycles. The van der Waals surface area contributed by atoms with E-state index in [1.54, 1.807) is 54.6 Å². The molecule has 0 spiro atoms. The molecular weight excluding hydrogens is 456 g/mol. The van der Waals surface area contributed by atoms with Crippen molar-refractivity contribution < 1.29 is 24.2 Å². The van der Waals surface area contributed by atoms with Gasteiger partial charge in [-0.05, 0) is 29.8 Å². The molecule has 178 valence electrons. The molecule has 6 heteroatoms. The summed E-state index contributed by atoms with van der Waals surface area (Å²) in [6, 6.07) is 32.2. The number of Topliss-reactive ketones (excluding diaryl/α,β-unsaturated/α-hetero) is 1. The quantitative estimate of drug-likeness (QED) is 0.346. The first-order valence-corrected chi connectivity index (χ1v) is 11.4. The van der Waals surface area contributed by atoms with Crippen LogP contribution in [0, 0.1) is 0 Å². The molecule has 4 aromatic carbocycles. The first-order valence-electron chi connectivity index (χ1n) is 11.4.